The van der Waals surface area contributed by atoms with Gasteiger partial charge in [-0.2, -0.15) is 0 Å². The van der Waals surface area contributed by atoms with E-state index >= 15 is 0 Å². The van der Waals surface area contributed by atoms with Gasteiger partial charge in [0.2, 0.25) is 0 Å². The molecule has 0 spiro atoms. The first-order chi connectivity index (χ1) is 6.09. The molecule has 0 bridgehead atoms. The van der Waals surface area contributed by atoms with Gasteiger partial charge >= 0.3 is 0 Å². The highest BCUT2D eigenvalue weighted by Gasteiger charge is 2.08. The van der Waals surface area contributed by atoms with Crippen LogP contribution in [0.2, 0.25) is 5.02 Å². The first-order valence-corrected chi connectivity index (χ1v) is 4.22. The maximum atomic E-state index is 11.2. The van der Waals surface area contributed by atoms with Crippen LogP contribution in [-0.4, -0.2) is 14.6 Å². The summed E-state index contributed by atoms with van der Waals surface area (Å²) in [5.41, 5.74) is 1.94. The molecule has 0 unspecified atom stereocenters. The second-order valence-corrected chi connectivity index (χ2v) is 3.33. The van der Waals surface area contributed by atoms with Crippen molar-refractivity contribution in [2.75, 3.05) is 0 Å². The van der Waals surface area contributed by atoms with Crippen LogP contribution in [0.15, 0.2) is 10.9 Å². The third kappa shape index (κ3) is 1.14. The first-order valence-electron chi connectivity index (χ1n) is 3.84. The molecular weight excluding hydrogens is 190 g/mol. The average Bonchev–Trinajstić information content (AvgIpc) is 2.32. The van der Waals surface area contributed by atoms with E-state index in [9.17, 15) is 4.79 Å². The van der Waals surface area contributed by atoms with Crippen molar-refractivity contribution in [3.05, 3.63) is 32.8 Å². The summed E-state index contributed by atoms with van der Waals surface area (Å²) < 4.78 is 1.58. The lowest BCUT2D eigenvalue weighted by Crippen LogP contribution is -2.02. The Morgan fingerprint density at radius 1 is 1.54 bits per heavy atom. The van der Waals surface area contributed by atoms with Crippen molar-refractivity contribution in [3.63, 3.8) is 0 Å². The molecule has 0 fully saturated rings. The van der Waals surface area contributed by atoms with Gasteiger partial charge in [0.25, 0.3) is 5.56 Å². The summed E-state index contributed by atoms with van der Waals surface area (Å²) in [5.74, 6) is 0. The van der Waals surface area contributed by atoms with E-state index in [-0.39, 0.29) is 10.6 Å². The maximum Gasteiger partial charge on any atom is 0.285 e. The van der Waals surface area contributed by atoms with Gasteiger partial charge in [-0.1, -0.05) is 11.6 Å². The van der Waals surface area contributed by atoms with Crippen molar-refractivity contribution in [1.82, 2.24) is 14.6 Å². The Kier molecular flexibility index (Phi) is 1.66. The normalized spacial score (nSPS) is 11.0. The number of aryl methyl sites for hydroxylation is 2. The number of hydrogen-bond donors (Lipinski definition) is 1. The molecule has 13 heavy (non-hydrogen) atoms. The van der Waals surface area contributed by atoms with Crippen LogP contribution < -0.4 is 5.56 Å². The van der Waals surface area contributed by atoms with E-state index in [2.05, 4.69) is 10.1 Å². The van der Waals surface area contributed by atoms with Gasteiger partial charge < -0.3 is 0 Å². The van der Waals surface area contributed by atoms with Gasteiger partial charge in [-0.05, 0) is 19.9 Å². The fourth-order valence-corrected chi connectivity index (χ4v) is 1.49. The lowest BCUT2D eigenvalue weighted by Gasteiger charge is -2.00. The zero-order chi connectivity index (χ0) is 9.59. The molecule has 2 aromatic heterocycles. The van der Waals surface area contributed by atoms with Gasteiger partial charge in [0, 0.05) is 11.4 Å². The molecule has 0 aromatic carbocycles. The van der Waals surface area contributed by atoms with E-state index in [4.69, 9.17) is 11.6 Å². The highest BCUT2D eigenvalue weighted by Crippen LogP contribution is 2.12. The van der Waals surface area contributed by atoms with Gasteiger partial charge in [0.1, 0.15) is 0 Å². The monoisotopic (exact) mass is 197 g/mol. The molecule has 2 heterocycles. The predicted octanol–water partition coefficient (Wildman–Crippen LogP) is 1.29. The molecule has 0 aliphatic heterocycles. The van der Waals surface area contributed by atoms with E-state index in [1.54, 1.807) is 4.52 Å². The van der Waals surface area contributed by atoms with Crippen LogP contribution in [0.5, 0.6) is 0 Å². The Bertz CT molecular complexity index is 526. The number of halogens is 1. The van der Waals surface area contributed by atoms with Crippen molar-refractivity contribution in [1.29, 1.82) is 0 Å². The van der Waals surface area contributed by atoms with Gasteiger partial charge in [0.15, 0.2) is 10.7 Å². The Hall–Kier alpha value is -1.29. The largest absolute Gasteiger partial charge is 0.285 e. The third-order valence-corrected chi connectivity index (χ3v) is 2.21. The minimum absolute atomic E-state index is 0.145. The molecule has 2 rings (SSSR count). The smallest absolute Gasteiger partial charge is 0.266 e. The lowest BCUT2D eigenvalue weighted by atomic mass is 10.3. The van der Waals surface area contributed by atoms with Crippen molar-refractivity contribution in [2.45, 2.75) is 13.8 Å². The van der Waals surface area contributed by atoms with Crippen LogP contribution in [-0.2, 0) is 0 Å². The Labute approximate surface area is 79.2 Å². The topological polar surface area (TPSA) is 50.2 Å². The maximum absolute atomic E-state index is 11.2. The summed E-state index contributed by atoms with van der Waals surface area (Å²) in [6.07, 6.45) is 0. The molecular formula is C8H8ClN3O. The van der Waals surface area contributed by atoms with E-state index < -0.39 is 0 Å². The van der Waals surface area contributed by atoms with Crippen molar-refractivity contribution in [2.24, 2.45) is 0 Å². The number of H-pyrrole nitrogens is 1. The fourth-order valence-electron chi connectivity index (χ4n) is 1.32. The van der Waals surface area contributed by atoms with E-state index in [1.807, 2.05) is 19.9 Å². The van der Waals surface area contributed by atoms with Crippen molar-refractivity contribution in [3.8, 4) is 0 Å². The standard InChI is InChI=1S/C8H8ClN3O/c1-4-3-5(2)12-7(10-4)6(9)8(13)11-12/h3H,1-2H3,(H,11,13). The number of hydrogen-bond acceptors (Lipinski definition) is 2. The highest BCUT2D eigenvalue weighted by molar-refractivity contribution is 6.33. The number of rotatable bonds is 0. The van der Waals surface area contributed by atoms with Crippen LogP contribution in [0, 0.1) is 13.8 Å². The number of aromatic amines is 1. The summed E-state index contributed by atoms with van der Waals surface area (Å²) in [6, 6.07) is 1.87. The van der Waals surface area contributed by atoms with Gasteiger partial charge in [-0.15, -0.1) is 0 Å². The van der Waals surface area contributed by atoms with E-state index in [1.165, 1.54) is 0 Å². The number of nitrogens with one attached hydrogen (secondary N) is 1. The number of aromatic nitrogens is 3. The molecule has 0 atom stereocenters. The Morgan fingerprint density at radius 2 is 2.23 bits per heavy atom. The molecule has 0 saturated carbocycles. The number of nitrogens with zero attached hydrogens (tertiary/aromatic N) is 2. The quantitative estimate of drug-likeness (QED) is 0.692. The third-order valence-electron chi connectivity index (χ3n) is 1.87. The zero-order valence-corrected chi connectivity index (χ0v) is 8.01. The molecule has 2 aromatic rings. The summed E-state index contributed by atoms with van der Waals surface area (Å²) in [7, 11) is 0. The zero-order valence-electron chi connectivity index (χ0n) is 7.26. The number of fused-ring (bicyclic) bond motifs is 1. The second kappa shape index (κ2) is 2.60. The lowest BCUT2D eigenvalue weighted by molar-refractivity contribution is 0.871. The molecule has 0 aliphatic carbocycles. The van der Waals surface area contributed by atoms with Gasteiger partial charge in [-0.3, -0.25) is 9.89 Å². The second-order valence-electron chi connectivity index (χ2n) is 2.95. The summed E-state index contributed by atoms with van der Waals surface area (Å²) in [6.45, 7) is 3.74. The minimum atomic E-state index is -0.303. The first kappa shape index (κ1) is 8.31. The molecule has 5 heteroatoms. The van der Waals surface area contributed by atoms with Crippen LogP contribution in [0.4, 0.5) is 0 Å². The molecule has 0 aliphatic rings. The summed E-state index contributed by atoms with van der Waals surface area (Å²) >= 11 is 5.76. The summed E-state index contributed by atoms with van der Waals surface area (Å²) in [4.78, 5) is 15.3. The molecule has 4 nitrogen and oxygen atoms in total. The van der Waals surface area contributed by atoms with E-state index in [0.29, 0.717) is 5.65 Å². The predicted molar refractivity (Wildman–Crippen MR) is 50.3 cm³/mol. The van der Waals surface area contributed by atoms with E-state index in [0.717, 1.165) is 11.4 Å². The fraction of sp³-hybridized carbons (Fsp3) is 0.250. The molecule has 0 amide bonds. The molecule has 0 radical (unpaired) electrons. The van der Waals surface area contributed by atoms with Crippen LogP contribution in [0.25, 0.3) is 5.65 Å². The minimum Gasteiger partial charge on any atom is -0.266 e. The molecule has 1 N–H and O–H groups in total. The summed E-state index contributed by atoms with van der Waals surface area (Å²) in [5, 5.41) is 2.73. The Balaban J connectivity index is 3.03. The SMILES string of the molecule is Cc1cc(C)n2[nH]c(=O)c(Cl)c2n1. The van der Waals surface area contributed by atoms with Crippen LogP contribution in [0.3, 0.4) is 0 Å². The Morgan fingerprint density at radius 3 is 2.92 bits per heavy atom. The van der Waals surface area contributed by atoms with Gasteiger partial charge in [-0.25, -0.2) is 9.50 Å². The highest BCUT2D eigenvalue weighted by atomic mass is 35.5. The van der Waals surface area contributed by atoms with Crippen LogP contribution >= 0.6 is 11.6 Å². The van der Waals surface area contributed by atoms with Crippen molar-refractivity contribution >= 4 is 17.2 Å². The molecule has 68 valence electrons. The van der Waals surface area contributed by atoms with Crippen LogP contribution in [0.1, 0.15) is 11.4 Å². The van der Waals surface area contributed by atoms with Gasteiger partial charge in [0.05, 0.1) is 0 Å². The molecule has 0 saturated heterocycles. The average molecular weight is 198 g/mol. The van der Waals surface area contributed by atoms with Crippen molar-refractivity contribution < 1.29 is 0 Å².